The SMILES string of the molecule is CNCC(=O)Nc1cccc(-c2nncn2C)c1.Cl. The molecule has 1 aromatic heterocycles. The highest BCUT2D eigenvalue weighted by atomic mass is 35.5. The van der Waals surface area contributed by atoms with Crippen molar-refractivity contribution in [1.82, 2.24) is 20.1 Å². The van der Waals surface area contributed by atoms with Crippen LogP contribution in [0.15, 0.2) is 30.6 Å². The van der Waals surface area contributed by atoms with Crippen molar-refractivity contribution >= 4 is 24.0 Å². The molecule has 1 aromatic carbocycles. The molecular weight excluding hydrogens is 266 g/mol. The van der Waals surface area contributed by atoms with E-state index in [1.807, 2.05) is 35.9 Å². The lowest BCUT2D eigenvalue weighted by Crippen LogP contribution is -2.25. The summed E-state index contributed by atoms with van der Waals surface area (Å²) in [5.74, 6) is 0.687. The molecule has 0 unspecified atom stereocenters. The van der Waals surface area contributed by atoms with Gasteiger partial charge in [0, 0.05) is 18.3 Å². The lowest BCUT2D eigenvalue weighted by atomic mass is 10.2. The molecule has 2 rings (SSSR count). The minimum Gasteiger partial charge on any atom is -0.325 e. The van der Waals surface area contributed by atoms with Gasteiger partial charge in [0.2, 0.25) is 5.91 Å². The van der Waals surface area contributed by atoms with Crippen LogP contribution in [0.5, 0.6) is 0 Å². The van der Waals surface area contributed by atoms with Crippen molar-refractivity contribution in [3.05, 3.63) is 30.6 Å². The first-order valence-corrected chi connectivity index (χ1v) is 5.59. The van der Waals surface area contributed by atoms with Crippen LogP contribution in [0.25, 0.3) is 11.4 Å². The van der Waals surface area contributed by atoms with Crippen LogP contribution in [-0.2, 0) is 11.8 Å². The van der Waals surface area contributed by atoms with Crippen molar-refractivity contribution < 1.29 is 4.79 Å². The number of benzene rings is 1. The van der Waals surface area contributed by atoms with Crippen LogP contribution >= 0.6 is 12.4 Å². The Morgan fingerprint density at radius 2 is 2.21 bits per heavy atom. The van der Waals surface area contributed by atoms with Gasteiger partial charge in [-0.2, -0.15) is 0 Å². The predicted octanol–water partition coefficient (Wildman–Crippen LogP) is 1.06. The number of hydrogen-bond donors (Lipinski definition) is 2. The summed E-state index contributed by atoms with van der Waals surface area (Å²) in [6, 6.07) is 7.52. The molecule has 7 heteroatoms. The van der Waals surface area contributed by atoms with E-state index in [1.54, 1.807) is 13.4 Å². The Hall–Kier alpha value is -1.92. The summed E-state index contributed by atoms with van der Waals surface area (Å²) in [5.41, 5.74) is 1.66. The molecule has 0 aliphatic carbocycles. The van der Waals surface area contributed by atoms with Crippen LogP contribution in [0.1, 0.15) is 0 Å². The molecule has 0 radical (unpaired) electrons. The smallest absolute Gasteiger partial charge is 0.238 e. The fourth-order valence-electron chi connectivity index (χ4n) is 1.65. The van der Waals surface area contributed by atoms with Gasteiger partial charge < -0.3 is 15.2 Å². The van der Waals surface area contributed by atoms with Gasteiger partial charge in [-0.25, -0.2) is 0 Å². The van der Waals surface area contributed by atoms with Gasteiger partial charge in [-0.15, -0.1) is 22.6 Å². The van der Waals surface area contributed by atoms with Crippen LogP contribution in [-0.4, -0.2) is 34.3 Å². The first kappa shape index (κ1) is 15.1. The van der Waals surface area contributed by atoms with E-state index in [2.05, 4.69) is 20.8 Å². The molecule has 2 N–H and O–H groups in total. The number of hydrogen-bond acceptors (Lipinski definition) is 4. The molecule has 0 aliphatic rings. The molecule has 1 amide bonds. The number of carbonyl (C=O) groups is 1. The zero-order chi connectivity index (χ0) is 13.0. The molecule has 2 aromatic rings. The van der Waals surface area contributed by atoms with Crippen molar-refractivity contribution in [3.63, 3.8) is 0 Å². The van der Waals surface area contributed by atoms with Gasteiger partial charge in [-0.05, 0) is 19.2 Å². The monoisotopic (exact) mass is 281 g/mol. The number of nitrogens with zero attached hydrogens (tertiary/aromatic N) is 3. The zero-order valence-corrected chi connectivity index (χ0v) is 11.6. The lowest BCUT2D eigenvalue weighted by Gasteiger charge is -2.06. The first-order chi connectivity index (χ1) is 8.70. The Bertz CT molecular complexity index is 555. The van der Waals surface area contributed by atoms with Crippen LogP contribution in [0.3, 0.4) is 0 Å². The minimum absolute atomic E-state index is 0. The second-order valence-electron chi connectivity index (χ2n) is 3.92. The highest BCUT2D eigenvalue weighted by Crippen LogP contribution is 2.19. The van der Waals surface area contributed by atoms with Crippen LogP contribution in [0.4, 0.5) is 5.69 Å². The van der Waals surface area contributed by atoms with E-state index < -0.39 is 0 Å². The third-order valence-corrected chi connectivity index (χ3v) is 2.45. The van der Waals surface area contributed by atoms with Crippen molar-refractivity contribution in [2.45, 2.75) is 0 Å². The van der Waals surface area contributed by atoms with E-state index in [4.69, 9.17) is 0 Å². The zero-order valence-electron chi connectivity index (χ0n) is 10.8. The fraction of sp³-hybridized carbons (Fsp3) is 0.250. The molecule has 0 bridgehead atoms. The topological polar surface area (TPSA) is 71.8 Å². The third kappa shape index (κ3) is 3.77. The summed E-state index contributed by atoms with van der Waals surface area (Å²) in [7, 11) is 3.61. The molecule has 102 valence electrons. The number of halogens is 1. The van der Waals surface area contributed by atoms with Gasteiger partial charge in [-0.3, -0.25) is 4.79 Å². The molecule has 0 fully saturated rings. The Morgan fingerprint density at radius 3 is 2.84 bits per heavy atom. The molecule has 1 heterocycles. The van der Waals surface area contributed by atoms with Crippen molar-refractivity contribution in [2.24, 2.45) is 7.05 Å². The van der Waals surface area contributed by atoms with Crippen molar-refractivity contribution in [2.75, 3.05) is 18.9 Å². The Kier molecular flexibility index (Phi) is 5.47. The number of likely N-dealkylation sites (N-methyl/N-ethyl adjacent to an activating group) is 1. The van der Waals surface area contributed by atoms with Crippen LogP contribution in [0.2, 0.25) is 0 Å². The maximum absolute atomic E-state index is 11.5. The van der Waals surface area contributed by atoms with Gasteiger partial charge in [0.15, 0.2) is 5.82 Å². The largest absolute Gasteiger partial charge is 0.325 e. The summed E-state index contributed by atoms with van der Waals surface area (Å²) in [6.07, 6.45) is 1.64. The van der Waals surface area contributed by atoms with Gasteiger partial charge in [0.05, 0.1) is 6.54 Å². The average Bonchev–Trinajstić information content (AvgIpc) is 2.76. The fourth-order valence-corrected chi connectivity index (χ4v) is 1.65. The van der Waals surface area contributed by atoms with Gasteiger partial charge in [0.1, 0.15) is 6.33 Å². The molecule has 0 saturated carbocycles. The number of aromatic nitrogens is 3. The second-order valence-corrected chi connectivity index (χ2v) is 3.92. The quantitative estimate of drug-likeness (QED) is 0.879. The summed E-state index contributed by atoms with van der Waals surface area (Å²) >= 11 is 0. The van der Waals surface area contributed by atoms with Crippen LogP contribution < -0.4 is 10.6 Å². The number of amides is 1. The molecule has 19 heavy (non-hydrogen) atoms. The van der Waals surface area contributed by atoms with Gasteiger partial charge >= 0.3 is 0 Å². The number of aryl methyl sites for hydroxylation is 1. The number of anilines is 1. The van der Waals surface area contributed by atoms with Gasteiger partial charge in [0.25, 0.3) is 0 Å². The minimum atomic E-state index is -0.0763. The predicted molar refractivity (Wildman–Crippen MR) is 76.2 cm³/mol. The van der Waals surface area contributed by atoms with E-state index in [9.17, 15) is 4.79 Å². The molecule has 6 nitrogen and oxygen atoms in total. The van der Waals surface area contributed by atoms with Crippen LogP contribution in [0, 0.1) is 0 Å². The number of rotatable bonds is 4. The molecule has 0 aliphatic heterocycles. The summed E-state index contributed by atoms with van der Waals surface area (Å²) < 4.78 is 1.83. The van der Waals surface area contributed by atoms with E-state index >= 15 is 0 Å². The standard InChI is InChI=1S/C12H15N5O.ClH/c1-13-7-11(18)15-10-5-3-4-9(6-10)12-16-14-8-17(12)2;/h3-6,8,13H,7H2,1-2H3,(H,15,18);1H. The summed E-state index contributed by atoms with van der Waals surface area (Å²) in [4.78, 5) is 11.5. The Morgan fingerprint density at radius 1 is 1.42 bits per heavy atom. The van der Waals surface area contributed by atoms with E-state index in [1.165, 1.54) is 0 Å². The lowest BCUT2D eigenvalue weighted by molar-refractivity contribution is -0.115. The molecule has 0 atom stereocenters. The van der Waals surface area contributed by atoms with E-state index in [0.29, 0.717) is 0 Å². The number of carbonyl (C=O) groups excluding carboxylic acids is 1. The summed E-state index contributed by atoms with van der Waals surface area (Å²) in [6.45, 7) is 0.286. The molecular formula is C12H16ClN5O. The maximum Gasteiger partial charge on any atom is 0.238 e. The first-order valence-electron chi connectivity index (χ1n) is 5.59. The highest BCUT2D eigenvalue weighted by molar-refractivity contribution is 5.92. The number of nitrogens with one attached hydrogen (secondary N) is 2. The Labute approximate surface area is 117 Å². The summed E-state index contributed by atoms with van der Waals surface area (Å²) in [5, 5.41) is 13.5. The third-order valence-electron chi connectivity index (χ3n) is 2.45. The maximum atomic E-state index is 11.5. The van der Waals surface area contributed by atoms with E-state index in [0.717, 1.165) is 17.1 Å². The molecule has 0 spiro atoms. The Balaban J connectivity index is 0.00000180. The average molecular weight is 282 g/mol. The van der Waals surface area contributed by atoms with Gasteiger partial charge in [-0.1, -0.05) is 12.1 Å². The van der Waals surface area contributed by atoms with E-state index in [-0.39, 0.29) is 24.9 Å². The highest BCUT2D eigenvalue weighted by Gasteiger charge is 2.06. The van der Waals surface area contributed by atoms with Crippen molar-refractivity contribution in [3.8, 4) is 11.4 Å². The van der Waals surface area contributed by atoms with Crippen molar-refractivity contribution in [1.29, 1.82) is 0 Å². The normalized spacial score (nSPS) is 9.79. The second kappa shape index (κ2) is 6.86. The molecule has 0 saturated heterocycles.